The Bertz CT molecular complexity index is 2060. The minimum atomic E-state index is 0. The number of rotatable bonds is 12. The van der Waals surface area contributed by atoms with E-state index in [2.05, 4.69) is 120 Å². The summed E-state index contributed by atoms with van der Waals surface area (Å²) in [6, 6.07) is 37.5. The van der Waals surface area contributed by atoms with Gasteiger partial charge in [-0.1, -0.05) is 112 Å². The molecule has 0 spiro atoms. The van der Waals surface area contributed by atoms with E-state index in [9.17, 15) is 0 Å². The molecule has 2 aliphatic heterocycles. The highest BCUT2D eigenvalue weighted by atomic mass is 35.5. The fraction of sp³-hybridized carbons (Fsp3) is 0.400. The number of anilines is 2. The molecule has 2 aliphatic rings. The van der Waals surface area contributed by atoms with Crippen molar-refractivity contribution < 1.29 is 0 Å². The first-order valence-electron chi connectivity index (χ1n) is 21.6. The monoisotopic (exact) mass is 886 g/mol. The summed E-state index contributed by atoms with van der Waals surface area (Å²) < 4.78 is 0. The molecule has 0 N–H and O–H groups in total. The average molecular weight is 889 g/mol. The van der Waals surface area contributed by atoms with Crippen LogP contribution in [0.2, 0.25) is 10.0 Å². The summed E-state index contributed by atoms with van der Waals surface area (Å²) in [4.78, 5) is 20.0. The van der Waals surface area contributed by atoms with Gasteiger partial charge in [-0.15, -0.1) is 24.8 Å². The summed E-state index contributed by atoms with van der Waals surface area (Å²) in [5.74, 6) is 1.59. The normalized spacial score (nSPS) is 14.9. The fourth-order valence-electron chi connectivity index (χ4n) is 8.81. The Hall–Kier alpha value is -3.62. The van der Waals surface area contributed by atoms with Gasteiger partial charge in [-0.05, 0) is 112 Å². The zero-order valence-electron chi connectivity index (χ0n) is 35.7. The molecule has 0 amide bonds. The lowest BCUT2D eigenvalue weighted by atomic mass is 9.95. The van der Waals surface area contributed by atoms with Gasteiger partial charge in [0.05, 0.1) is 22.4 Å². The lowest BCUT2D eigenvalue weighted by molar-refractivity contribution is 0.229. The molecular weight excluding hydrogens is 826 g/mol. The summed E-state index contributed by atoms with van der Waals surface area (Å²) in [6.07, 6.45) is 4.98. The molecule has 4 heterocycles. The zero-order valence-corrected chi connectivity index (χ0v) is 38.8. The first-order valence-corrected chi connectivity index (χ1v) is 22.4. The van der Waals surface area contributed by atoms with Gasteiger partial charge in [0.1, 0.15) is 0 Å². The summed E-state index contributed by atoms with van der Waals surface area (Å²) in [6.45, 7) is 20.5. The predicted molar refractivity (Wildman–Crippen MR) is 264 cm³/mol. The van der Waals surface area contributed by atoms with E-state index in [1.165, 1.54) is 60.9 Å². The van der Waals surface area contributed by atoms with Crippen LogP contribution < -0.4 is 9.80 Å². The quantitative estimate of drug-likeness (QED) is 0.122. The van der Waals surface area contributed by atoms with Gasteiger partial charge >= 0.3 is 0 Å². The van der Waals surface area contributed by atoms with E-state index in [4.69, 9.17) is 33.2 Å². The number of halogens is 4. The van der Waals surface area contributed by atoms with Gasteiger partial charge in [-0.3, -0.25) is 0 Å². The molecule has 10 heteroatoms. The summed E-state index contributed by atoms with van der Waals surface area (Å²) in [7, 11) is 0. The number of nitrogens with zero attached hydrogens (tertiary/aromatic N) is 6. The second kappa shape index (κ2) is 23.0. The minimum absolute atomic E-state index is 0. The lowest BCUT2D eigenvalue weighted by Gasteiger charge is -2.36. The molecule has 2 aromatic heterocycles. The van der Waals surface area contributed by atoms with Crippen LogP contribution in [-0.4, -0.2) is 85.2 Å². The molecule has 0 atom stereocenters. The van der Waals surface area contributed by atoms with Gasteiger partial charge in [-0.25, -0.2) is 9.97 Å². The summed E-state index contributed by atoms with van der Waals surface area (Å²) in [5, 5.41) is 3.85. The Kier molecular flexibility index (Phi) is 18.2. The lowest BCUT2D eigenvalue weighted by Crippen LogP contribution is -2.38. The molecular formula is C50H62Cl4N6. The van der Waals surface area contributed by atoms with Crippen molar-refractivity contribution in [2.45, 2.75) is 53.4 Å². The van der Waals surface area contributed by atoms with Crippen LogP contribution >= 0.6 is 48.0 Å². The number of fused-ring (bicyclic) bond motifs is 2. The first kappa shape index (κ1) is 47.4. The topological polar surface area (TPSA) is 38.7 Å². The smallest absolute Gasteiger partial charge is 0.0745 e. The van der Waals surface area contributed by atoms with Crippen molar-refractivity contribution in [1.82, 2.24) is 19.8 Å². The van der Waals surface area contributed by atoms with E-state index < -0.39 is 0 Å². The van der Waals surface area contributed by atoms with E-state index in [0.717, 1.165) is 108 Å². The second-order valence-electron chi connectivity index (χ2n) is 15.9. The van der Waals surface area contributed by atoms with Crippen LogP contribution in [0.4, 0.5) is 11.4 Å². The van der Waals surface area contributed by atoms with Crippen molar-refractivity contribution in [2.24, 2.45) is 11.8 Å². The Morgan fingerprint density at radius 1 is 0.500 bits per heavy atom. The largest absolute Gasteiger partial charge is 0.371 e. The zero-order chi connectivity index (χ0) is 40.4. The van der Waals surface area contributed by atoms with Crippen LogP contribution in [0.5, 0.6) is 0 Å². The van der Waals surface area contributed by atoms with Gasteiger partial charge in [-0.2, -0.15) is 0 Å². The molecule has 320 valence electrons. The van der Waals surface area contributed by atoms with E-state index in [1.807, 2.05) is 36.4 Å². The molecule has 6 aromatic rings. The first-order chi connectivity index (χ1) is 28.3. The van der Waals surface area contributed by atoms with Gasteiger partial charge in [0.15, 0.2) is 0 Å². The Morgan fingerprint density at radius 3 is 1.18 bits per heavy atom. The standard InChI is InChI=1S/2C25H30ClN3.2ClH/c2*1-3-28(4-2)18-19-12-14-29(15-13-19)25-17-23(20-8-6-5-7-9-20)27-24-16-21(26)10-11-22(24)25;;/h2*5-11,16-17,19H,3-4,12-15,18H2,1-2H3;2*1H. The molecule has 0 aliphatic carbocycles. The van der Waals surface area contributed by atoms with Gasteiger partial charge in [0.25, 0.3) is 0 Å². The number of hydrogen-bond donors (Lipinski definition) is 0. The van der Waals surface area contributed by atoms with Crippen LogP contribution in [0.25, 0.3) is 44.3 Å². The molecule has 2 fully saturated rings. The molecule has 0 radical (unpaired) electrons. The molecule has 8 rings (SSSR count). The van der Waals surface area contributed by atoms with Crippen molar-refractivity contribution in [3.8, 4) is 22.5 Å². The van der Waals surface area contributed by atoms with Crippen molar-refractivity contribution >= 4 is 81.2 Å². The molecule has 4 aromatic carbocycles. The molecule has 0 saturated carbocycles. The van der Waals surface area contributed by atoms with Crippen LogP contribution in [0, 0.1) is 11.8 Å². The minimum Gasteiger partial charge on any atom is -0.371 e. The van der Waals surface area contributed by atoms with Crippen LogP contribution in [0.15, 0.2) is 109 Å². The Balaban J connectivity index is 0.000000220. The molecule has 60 heavy (non-hydrogen) atoms. The van der Waals surface area contributed by atoms with Crippen molar-refractivity contribution in [2.75, 3.05) is 75.2 Å². The highest BCUT2D eigenvalue weighted by Crippen LogP contribution is 2.36. The number of piperidine rings is 2. The maximum atomic E-state index is 6.29. The number of hydrogen-bond acceptors (Lipinski definition) is 6. The highest BCUT2D eigenvalue weighted by molar-refractivity contribution is 6.31. The Morgan fingerprint density at radius 2 is 0.850 bits per heavy atom. The molecule has 0 bridgehead atoms. The Labute approximate surface area is 381 Å². The van der Waals surface area contributed by atoms with Crippen molar-refractivity contribution in [1.29, 1.82) is 0 Å². The number of pyridine rings is 2. The SMILES string of the molecule is CCN(CC)CC1CCN(c2cc(-c3ccccc3)nc3cc(Cl)ccc23)CC1.CCN(CC)CC1CCN(c2cc(-c3ccccc3)nc3cc(Cl)ccc23)CC1.Cl.Cl. The van der Waals surface area contributed by atoms with Crippen LogP contribution in [0.3, 0.4) is 0 Å². The molecule has 0 unspecified atom stereocenters. The number of benzene rings is 4. The molecule has 6 nitrogen and oxygen atoms in total. The van der Waals surface area contributed by atoms with Crippen LogP contribution in [0.1, 0.15) is 53.4 Å². The number of aromatic nitrogens is 2. The van der Waals surface area contributed by atoms with Gasteiger partial charge in [0, 0.05) is 82.6 Å². The predicted octanol–water partition coefficient (Wildman–Crippen LogP) is 13.1. The van der Waals surface area contributed by atoms with Gasteiger partial charge in [0.2, 0.25) is 0 Å². The third kappa shape index (κ3) is 11.8. The summed E-state index contributed by atoms with van der Waals surface area (Å²) in [5.41, 5.74) is 8.83. The van der Waals surface area contributed by atoms with E-state index in [-0.39, 0.29) is 24.8 Å². The van der Waals surface area contributed by atoms with Crippen LogP contribution in [-0.2, 0) is 0 Å². The fourth-order valence-corrected chi connectivity index (χ4v) is 9.14. The van der Waals surface area contributed by atoms with Gasteiger partial charge < -0.3 is 19.6 Å². The van der Waals surface area contributed by atoms with E-state index in [1.54, 1.807) is 0 Å². The van der Waals surface area contributed by atoms with Crippen molar-refractivity contribution in [3.63, 3.8) is 0 Å². The second-order valence-corrected chi connectivity index (χ2v) is 16.8. The molecule has 2 saturated heterocycles. The maximum absolute atomic E-state index is 6.29. The van der Waals surface area contributed by atoms with E-state index in [0.29, 0.717) is 0 Å². The maximum Gasteiger partial charge on any atom is 0.0745 e. The third-order valence-corrected chi connectivity index (χ3v) is 12.8. The summed E-state index contributed by atoms with van der Waals surface area (Å²) >= 11 is 12.6. The average Bonchev–Trinajstić information content (AvgIpc) is 3.27. The third-order valence-electron chi connectivity index (χ3n) is 12.4. The highest BCUT2D eigenvalue weighted by Gasteiger charge is 2.25. The van der Waals surface area contributed by atoms with Crippen molar-refractivity contribution in [3.05, 3.63) is 119 Å². The van der Waals surface area contributed by atoms with E-state index >= 15 is 0 Å².